The lowest BCUT2D eigenvalue weighted by molar-refractivity contribution is -0.132. The van der Waals surface area contributed by atoms with Crippen LogP contribution in [0.25, 0.3) is 10.2 Å². The Balaban J connectivity index is 1.75. The number of nitrogens with zero attached hydrogens (tertiary/aromatic N) is 2. The summed E-state index contributed by atoms with van der Waals surface area (Å²) < 4.78 is 1.21. The zero-order chi connectivity index (χ0) is 14.7. The third-order valence-electron chi connectivity index (χ3n) is 3.99. The van der Waals surface area contributed by atoms with Crippen LogP contribution in [0.1, 0.15) is 36.7 Å². The zero-order valence-corrected chi connectivity index (χ0v) is 13.2. The van der Waals surface area contributed by atoms with Crippen LogP contribution >= 0.6 is 11.3 Å². The number of aromatic nitrogens is 1. The SMILES string of the molecule is CNCCCC(=O)N1CCCC1c1nc2ccccc2s1. The number of hydrogen-bond donors (Lipinski definition) is 1. The van der Waals surface area contributed by atoms with Gasteiger partial charge in [-0.15, -0.1) is 11.3 Å². The molecule has 112 valence electrons. The second-order valence-electron chi connectivity index (χ2n) is 5.47. The van der Waals surface area contributed by atoms with Crippen molar-refractivity contribution in [3.63, 3.8) is 0 Å². The smallest absolute Gasteiger partial charge is 0.223 e. The Kier molecular flexibility index (Phi) is 4.51. The quantitative estimate of drug-likeness (QED) is 0.864. The number of nitrogens with one attached hydrogen (secondary N) is 1. The van der Waals surface area contributed by atoms with Crippen LogP contribution in [0.5, 0.6) is 0 Å². The van der Waals surface area contributed by atoms with Crippen LogP contribution in [0.15, 0.2) is 24.3 Å². The number of amides is 1. The first-order valence-electron chi connectivity index (χ1n) is 7.59. The summed E-state index contributed by atoms with van der Waals surface area (Å²) in [6, 6.07) is 8.39. The van der Waals surface area contributed by atoms with Crippen molar-refractivity contribution < 1.29 is 4.79 Å². The molecular weight excluding hydrogens is 282 g/mol. The molecule has 5 heteroatoms. The van der Waals surface area contributed by atoms with Crippen molar-refractivity contribution in [1.82, 2.24) is 15.2 Å². The number of benzene rings is 1. The van der Waals surface area contributed by atoms with E-state index in [0.29, 0.717) is 6.42 Å². The average molecular weight is 303 g/mol. The molecule has 0 bridgehead atoms. The predicted octanol–water partition coefficient (Wildman–Crippen LogP) is 2.96. The largest absolute Gasteiger partial charge is 0.333 e. The first-order chi connectivity index (χ1) is 10.3. The highest BCUT2D eigenvalue weighted by Gasteiger charge is 2.31. The molecule has 0 saturated carbocycles. The Morgan fingerprint density at radius 3 is 3.14 bits per heavy atom. The van der Waals surface area contributed by atoms with E-state index in [4.69, 9.17) is 4.98 Å². The molecule has 1 fully saturated rings. The molecule has 1 amide bonds. The number of carbonyl (C=O) groups excluding carboxylic acids is 1. The number of fused-ring (bicyclic) bond motifs is 1. The van der Waals surface area contributed by atoms with Crippen molar-refractivity contribution in [2.45, 2.75) is 31.7 Å². The minimum Gasteiger partial charge on any atom is -0.333 e. The van der Waals surface area contributed by atoms with Crippen LogP contribution in [-0.4, -0.2) is 35.9 Å². The molecule has 1 aromatic carbocycles. The van der Waals surface area contributed by atoms with Gasteiger partial charge in [0.15, 0.2) is 0 Å². The summed E-state index contributed by atoms with van der Waals surface area (Å²) in [6.07, 6.45) is 3.65. The van der Waals surface area contributed by atoms with Gasteiger partial charge in [-0.1, -0.05) is 12.1 Å². The van der Waals surface area contributed by atoms with Gasteiger partial charge in [-0.3, -0.25) is 4.79 Å². The number of hydrogen-bond acceptors (Lipinski definition) is 4. The molecule has 1 aromatic heterocycles. The fourth-order valence-corrected chi connectivity index (χ4v) is 4.03. The average Bonchev–Trinajstić information content (AvgIpc) is 3.13. The lowest BCUT2D eigenvalue weighted by Gasteiger charge is -2.23. The number of rotatable bonds is 5. The van der Waals surface area contributed by atoms with Gasteiger partial charge in [0.25, 0.3) is 0 Å². The lowest BCUT2D eigenvalue weighted by Crippen LogP contribution is -2.30. The summed E-state index contributed by atoms with van der Waals surface area (Å²) in [5.41, 5.74) is 1.05. The van der Waals surface area contributed by atoms with E-state index in [1.165, 1.54) is 4.70 Å². The number of carbonyl (C=O) groups is 1. The molecular formula is C16H21N3OS. The summed E-state index contributed by atoms with van der Waals surface area (Å²) in [6.45, 7) is 1.77. The van der Waals surface area contributed by atoms with Gasteiger partial charge >= 0.3 is 0 Å². The highest BCUT2D eigenvalue weighted by atomic mass is 32.1. The summed E-state index contributed by atoms with van der Waals surface area (Å²) >= 11 is 1.73. The van der Waals surface area contributed by atoms with Crippen LogP contribution in [-0.2, 0) is 4.79 Å². The minimum absolute atomic E-state index is 0.185. The first-order valence-corrected chi connectivity index (χ1v) is 8.41. The van der Waals surface area contributed by atoms with E-state index in [0.717, 1.165) is 42.9 Å². The van der Waals surface area contributed by atoms with Crippen molar-refractivity contribution >= 4 is 27.5 Å². The highest BCUT2D eigenvalue weighted by molar-refractivity contribution is 7.18. The van der Waals surface area contributed by atoms with Crippen molar-refractivity contribution in [3.05, 3.63) is 29.3 Å². The van der Waals surface area contributed by atoms with Crippen LogP contribution in [0.3, 0.4) is 0 Å². The first kappa shape index (κ1) is 14.5. The number of para-hydroxylation sites is 1. The van der Waals surface area contributed by atoms with Gasteiger partial charge in [-0.2, -0.15) is 0 Å². The summed E-state index contributed by atoms with van der Waals surface area (Å²) in [7, 11) is 1.92. The molecule has 0 spiro atoms. The Morgan fingerprint density at radius 2 is 2.33 bits per heavy atom. The Bertz CT molecular complexity index is 592. The molecule has 1 saturated heterocycles. The summed E-state index contributed by atoms with van der Waals surface area (Å²) in [5, 5.41) is 4.19. The Hall–Kier alpha value is -1.46. The Morgan fingerprint density at radius 1 is 1.48 bits per heavy atom. The van der Waals surface area contributed by atoms with Gasteiger partial charge in [0.05, 0.1) is 16.3 Å². The monoisotopic (exact) mass is 303 g/mol. The van der Waals surface area contributed by atoms with Gasteiger partial charge < -0.3 is 10.2 Å². The molecule has 1 aliphatic heterocycles. The third-order valence-corrected chi connectivity index (χ3v) is 5.12. The predicted molar refractivity (Wildman–Crippen MR) is 86.5 cm³/mol. The molecule has 0 aliphatic carbocycles. The van der Waals surface area contributed by atoms with Gasteiger partial charge in [0, 0.05) is 13.0 Å². The lowest BCUT2D eigenvalue weighted by atomic mass is 10.2. The van der Waals surface area contributed by atoms with Gasteiger partial charge in [-0.25, -0.2) is 4.98 Å². The molecule has 1 atom stereocenters. The van der Waals surface area contributed by atoms with Crippen LogP contribution in [0.2, 0.25) is 0 Å². The van der Waals surface area contributed by atoms with Crippen LogP contribution in [0, 0.1) is 0 Å². The summed E-state index contributed by atoms with van der Waals surface area (Å²) in [5.74, 6) is 0.270. The molecule has 2 aromatic rings. The van der Waals surface area contributed by atoms with Crippen molar-refractivity contribution in [2.75, 3.05) is 20.1 Å². The van der Waals surface area contributed by atoms with Crippen LogP contribution in [0.4, 0.5) is 0 Å². The maximum absolute atomic E-state index is 12.4. The maximum atomic E-state index is 12.4. The zero-order valence-electron chi connectivity index (χ0n) is 12.3. The van der Waals surface area contributed by atoms with E-state index in [9.17, 15) is 4.79 Å². The van der Waals surface area contributed by atoms with Crippen LogP contribution < -0.4 is 5.32 Å². The second kappa shape index (κ2) is 6.54. The number of likely N-dealkylation sites (tertiary alicyclic amines) is 1. The van der Waals surface area contributed by atoms with E-state index >= 15 is 0 Å². The molecule has 1 unspecified atom stereocenters. The molecule has 2 heterocycles. The molecule has 3 rings (SSSR count). The molecule has 1 N–H and O–H groups in total. The normalized spacial score (nSPS) is 18.5. The molecule has 21 heavy (non-hydrogen) atoms. The van der Waals surface area contributed by atoms with E-state index < -0.39 is 0 Å². The third kappa shape index (κ3) is 3.09. The minimum atomic E-state index is 0.185. The summed E-state index contributed by atoms with van der Waals surface area (Å²) in [4.78, 5) is 19.2. The molecule has 4 nitrogen and oxygen atoms in total. The van der Waals surface area contributed by atoms with E-state index in [-0.39, 0.29) is 11.9 Å². The van der Waals surface area contributed by atoms with E-state index in [1.54, 1.807) is 11.3 Å². The van der Waals surface area contributed by atoms with E-state index in [1.807, 2.05) is 30.1 Å². The standard InChI is InChI=1S/C16H21N3OS/c1-17-10-4-9-15(20)19-11-5-7-13(19)16-18-12-6-2-3-8-14(12)21-16/h2-3,6,8,13,17H,4-5,7,9-11H2,1H3. The fourth-order valence-electron chi connectivity index (χ4n) is 2.91. The Labute approximate surface area is 129 Å². The van der Waals surface area contributed by atoms with Crippen molar-refractivity contribution in [1.29, 1.82) is 0 Å². The topological polar surface area (TPSA) is 45.2 Å². The highest BCUT2D eigenvalue weighted by Crippen LogP contribution is 2.36. The maximum Gasteiger partial charge on any atom is 0.223 e. The van der Waals surface area contributed by atoms with Gasteiger partial charge in [0.1, 0.15) is 5.01 Å². The number of thiazole rings is 1. The van der Waals surface area contributed by atoms with Crippen molar-refractivity contribution in [2.24, 2.45) is 0 Å². The van der Waals surface area contributed by atoms with E-state index in [2.05, 4.69) is 11.4 Å². The second-order valence-corrected chi connectivity index (χ2v) is 6.53. The molecule has 1 aliphatic rings. The molecule has 0 radical (unpaired) electrons. The van der Waals surface area contributed by atoms with Gasteiger partial charge in [-0.05, 0) is 45.0 Å². The van der Waals surface area contributed by atoms with Gasteiger partial charge in [0.2, 0.25) is 5.91 Å². The fraction of sp³-hybridized carbons (Fsp3) is 0.500. The van der Waals surface area contributed by atoms with Crippen molar-refractivity contribution in [3.8, 4) is 0 Å².